The highest BCUT2D eigenvalue weighted by atomic mass is 16.5. The third-order valence-corrected chi connectivity index (χ3v) is 7.73. The molecule has 5 heteroatoms. The first-order valence-corrected chi connectivity index (χ1v) is 13.2. The van der Waals surface area contributed by atoms with Crippen LogP contribution >= 0.6 is 0 Å². The van der Waals surface area contributed by atoms with E-state index in [1.54, 1.807) is 0 Å². The Balaban J connectivity index is 1.34. The predicted molar refractivity (Wildman–Crippen MR) is 145 cm³/mol. The second-order valence-electron chi connectivity index (χ2n) is 9.96. The Morgan fingerprint density at radius 2 is 1.50 bits per heavy atom. The molecule has 1 fully saturated rings. The van der Waals surface area contributed by atoms with Gasteiger partial charge in [-0.25, -0.2) is 0 Å². The molecule has 3 aromatic carbocycles. The van der Waals surface area contributed by atoms with Crippen LogP contribution in [-0.4, -0.2) is 55.5 Å². The van der Waals surface area contributed by atoms with Gasteiger partial charge >= 0.3 is 0 Å². The number of ether oxygens (including phenoxy) is 1. The Morgan fingerprint density at radius 1 is 0.861 bits per heavy atom. The smallest absolute Gasteiger partial charge is 0.257 e. The van der Waals surface area contributed by atoms with Gasteiger partial charge in [-0.3, -0.25) is 4.79 Å². The lowest BCUT2D eigenvalue weighted by atomic mass is 9.84. The number of fused-ring (bicyclic) bond motifs is 1. The number of carbonyl (C=O) groups excluding carboxylic acids is 1. The van der Waals surface area contributed by atoms with Crippen molar-refractivity contribution in [3.05, 3.63) is 102 Å². The minimum atomic E-state index is -0.190. The van der Waals surface area contributed by atoms with Crippen LogP contribution in [0.3, 0.4) is 0 Å². The molecule has 0 N–H and O–H groups in total. The molecule has 188 valence electrons. The van der Waals surface area contributed by atoms with E-state index >= 15 is 0 Å². The quantitative estimate of drug-likeness (QED) is 0.412. The van der Waals surface area contributed by atoms with Crippen LogP contribution in [0, 0.1) is 0 Å². The van der Waals surface area contributed by atoms with E-state index in [9.17, 15) is 4.79 Å². The summed E-state index contributed by atoms with van der Waals surface area (Å²) in [7, 11) is 1.92. The van der Waals surface area contributed by atoms with E-state index in [0.717, 1.165) is 68.9 Å². The standard InChI is InChI=1S/C31H37N3O2/c1-3-24-36-31(26-14-8-5-9-15-26)18-20-33(21-19-31)22-23-34-28-17-11-10-16-27(28)30(35)32(2)29(34)25-12-6-4-7-13-25/h4-17,29H,3,18-24H2,1-2H3. The molecule has 5 rings (SSSR count). The van der Waals surface area contributed by atoms with Crippen LogP contribution in [0.4, 0.5) is 5.69 Å². The molecule has 1 amide bonds. The van der Waals surface area contributed by atoms with Crippen molar-refractivity contribution in [2.75, 3.05) is 44.7 Å². The molecule has 2 heterocycles. The number of para-hydroxylation sites is 1. The maximum atomic E-state index is 13.2. The average molecular weight is 484 g/mol. The van der Waals surface area contributed by atoms with Gasteiger partial charge in [0.25, 0.3) is 5.91 Å². The van der Waals surface area contributed by atoms with E-state index in [4.69, 9.17) is 4.74 Å². The lowest BCUT2D eigenvalue weighted by Gasteiger charge is -2.46. The van der Waals surface area contributed by atoms with Crippen LogP contribution in [0.1, 0.15) is 53.8 Å². The van der Waals surface area contributed by atoms with Gasteiger partial charge in [-0.1, -0.05) is 79.7 Å². The largest absolute Gasteiger partial charge is 0.370 e. The maximum Gasteiger partial charge on any atom is 0.257 e. The van der Waals surface area contributed by atoms with Gasteiger partial charge in [-0.2, -0.15) is 0 Å². The molecule has 1 unspecified atom stereocenters. The van der Waals surface area contributed by atoms with E-state index in [-0.39, 0.29) is 17.7 Å². The summed E-state index contributed by atoms with van der Waals surface area (Å²) in [6.45, 7) is 6.76. The zero-order chi connectivity index (χ0) is 25.0. The topological polar surface area (TPSA) is 36.0 Å². The van der Waals surface area contributed by atoms with Gasteiger partial charge < -0.3 is 19.4 Å². The number of benzene rings is 3. The van der Waals surface area contributed by atoms with Gasteiger partial charge in [0.1, 0.15) is 6.17 Å². The SMILES string of the molecule is CCCOC1(c2ccccc2)CCN(CCN2c3ccccc3C(=O)N(C)C2c2ccccc2)CC1. The normalized spacial score (nSPS) is 19.8. The van der Waals surface area contributed by atoms with E-state index in [2.05, 4.69) is 77.4 Å². The summed E-state index contributed by atoms with van der Waals surface area (Å²) in [5.41, 5.74) is 4.05. The zero-order valence-electron chi connectivity index (χ0n) is 21.5. The van der Waals surface area contributed by atoms with Gasteiger partial charge in [0.15, 0.2) is 0 Å². The molecule has 0 bridgehead atoms. The van der Waals surface area contributed by atoms with Crippen molar-refractivity contribution in [2.45, 2.75) is 38.0 Å². The Hall–Kier alpha value is -3.15. The van der Waals surface area contributed by atoms with Gasteiger partial charge in [-0.05, 0) is 42.5 Å². The molecule has 1 saturated heterocycles. The molecule has 0 aromatic heterocycles. The molecule has 5 nitrogen and oxygen atoms in total. The fourth-order valence-electron chi connectivity index (χ4n) is 5.76. The van der Waals surface area contributed by atoms with Crippen LogP contribution in [0.5, 0.6) is 0 Å². The summed E-state index contributed by atoms with van der Waals surface area (Å²) in [5, 5.41) is 0. The van der Waals surface area contributed by atoms with Crippen LogP contribution in [0.25, 0.3) is 0 Å². The van der Waals surface area contributed by atoms with Crippen molar-refractivity contribution in [2.24, 2.45) is 0 Å². The summed E-state index contributed by atoms with van der Waals surface area (Å²) < 4.78 is 6.51. The molecule has 2 aliphatic heterocycles. The van der Waals surface area contributed by atoms with Crippen LogP contribution < -0.4 is 4.90 Å². The summed E-state index contributed by atoms with van der Waals surface area (Å²) in [5.74, 6) is 0.0781. The first kappa shape index (κ1) is 24.5. The number of likely N-dealkylation sites (tertiary alicyclic amines) is 1. The molecule has 2 aliphatic rings. The average Bonchev–Trinajstić information content (AvgIpc) is 2.94. The van der Waals surface area contributed by atoms with E-state index in [1.165, 1.54) is 5.56 Å². The van der Waals surface area contributed by atoms with E-state index in [1.807, 2.05) is 36.2 Å². The molecular formula is C31H37N3O2. The zero-order valence-corrected chi connectivity index (χ0v) is 21.5. The molecule has 3 aromatic rings. The molecular weight excluding hydrogens is 446 g/mol. The fourth-order valence-corrected chi connectivity index (χ4v) is 5.76. The Bertz CT molecular complexity index is 1140. The molecule has 0 radical (unpaired) electrons. The number of hydrogen-bond acceptors (Lipinski definition) is 4. The number of anilines is 1. The third kappa shape index (κ3) is 4.78. The Labute approximate surface area is 215 Å². The number of carbonyl (C=O) groups is 1. The highest BCUT2D eigenvalue weighted by molar-refractivity contribution is 6.01. The van der Waals surface area contributed by atoms with Crippen LogP contribution in [0.15, 0.2) is 84.9 Å². The van der Waals surface area contributed by atoms with Crippen molar-refractivity contribution >= 4 is 11.6 Å². The minimum Gasteiger partial charge on any atom is -0.370 e. The van der Waals surface area contributed by atoms with Crippen molar-refractivity contribution in [1.82, 2.24) is 9.80 Å². The van der Waals surface area contributed by atoms with Crippen molar-refractivity contribution in [1.29, 1.82) is 0 Å². The van der Waals surface area contributed by atoms with Gasteiger partial charge in [-0.15, -0.1) is 0 Å². The molecule has 0 spiro atoms. The first-order valence-electron chi connectivity index (χ1n) is 13.2. The van der Waals surface area contributed by atoms with Crippen molar-refractivity contribution in [3.8, 4) is 0 Å². The summed E-state index contributed by atoms with van der Waals surface area (Å²) in [6, 6.07) is 29.1. The number of rotatable bonds is 8. The molecule has 1 atom stereocenters. The van der Waals surface area contributed by atoms with E-state index in [0.29, 0.717) is 0 Å². The number of hydrogen-bond donors (Lipinski definition) is 0. The van der Waals surface area contributed by atoms with Gasteiger partial charge in [0, 0.05) is 39.8 Å². The van der Waals surface area contributed by atoms with Crippen molar-refractivity contribution in [3.63, 3.8) is 0 Å². The second-order valence-corrected chi connectivity index (χ2v) is 9.96. The summed E-state index contributed by atoms with van der Waals surface area (Å²) in [6.07, 6.45) is 2.90. The highest BCUT2D eigenvalue weighted by Crippen LogP contribution is 2.39. The molecule has 36 heavy (non-hydrogen) atoms. The lowest BCUT2D eigenvalue weighted by molar-refractivity contribution is -0.0894. The lowest BCUT2D eigenvalue weighted by Crippen LogP contribution is -2.51. The molecule has 0 aliphatic carbocycles. The Kier molecular flexibility index (Phi) is 7.40. The summed E-state index contributed by atoms with van der Waals surface area (Å²) >= 11 is 0. The maximum absolute atomic E-state index is 13.2. The van der Waals surface area contributed by atoms with E-state index < -0.39 is 0 Å². The molecule has 0 saturated carbocycles. The number of nitrogens with zero attached hydrogens (tertiary/aromatic N) is 3. The number of amides is 1. The van der Waals surface area contributed by atoms with Crippen LogP contribution in [-0.2, 0) is 10.3 Å². The third-order valence-electron chi connectivity index (χ3n) is 7.73. The van der Waals surface area contributed by atoms with Crippen molar-refractivity contribution < 1.29 is 9.53 Å². The monoisotopic (exact) mass is 483 g/mol. The van der Waals surface area contributed by atoms with Gasteiger partial charge in [0.2, 0.25) is 0 Å². The van der Waals surface area contributed by atoms with Crippen LogP contribution in [0.2, 0.25) is 0 Å². The second kappa shape index (κ2) is 10.9. The Morgan fingerprint density at radius 3 is 2.19 bits per heavy atom. The first-order chi connectivity index (χ1) is 17.6. The number of piperidine rings is 1. The summed E-state index contributed by atoms with van der Waals surface area (Å²) in [4.78, 5) is 20.1. The minimum absolute atomic E-state index is 0.0781. The highest BCUT2D eigenvalue weighted by Gasteiger charge is 2.39. The van der Waals surface area contributed by atoms with Gasteiger partial charge in [0.05, 0.1) is 16.9 Å². The fraction of sp³-hybridized carbons (Fsp3) is 0.387. The predicted octanol–water partition coefficient (Wildman–Crippen LogP) is 5.70.